The zero-order valence-electron chi connectivity index (χ0n) is 7.67. The average molecular weight is 172 g/mol. The van der Waals surface area contributed by atoms with Gasteiger partial charge in [-0.05, 0) is 19.9 Å². The van der Waals surface area contributed by atoms with Gasteiger partial charge >= 0.3 is 6.09 Å². The molecule has 0 bridgehead atoms. The highest BCUT2D eigenvalue weighted by Crippen LogP contribution is 2.06. The fourth-order valence-corrected chi connectivity index (χ4v) is 1.34. The Kier molecular flexibility index (Phi) is 3.34. The minimum absolute atomic E-state index is 0.216. The lowest BCUT2D eigenvalue weighted by Crippen LogP contribution is -2.38. The third kappa shape index (κ3) is 2.11. The summed E-state index contributed by atoms with van der Waals surface area (Å²) < 4.78 is 4.88. The van der Waals surface area contributed by atoms with Crippen LogP contribution in [0.5, 0.6) is 0 Å². The molecule has 1 aliphatic rings. The standard InChI is InChI=1S/C8H16N2O2/c1-3-12-8(11)10(2)7-4-5-9-6-7/h7,9H,3-6H2,1-2H3. The number of rotatable bonds is 2. The fraction of sp³-hybridized carbons (Fsp3) is 0.875. The van der Waals surface area contributed by atoms with E-state index in [2.05, 4.69) is 5.32 Å². The van der Waals surface area contributed by atoms with Crippen LogP contribution in [-0.4, -0.2) is 43.8 Å². The van der Waals surface area contributed by atoms with E-state index in [1.807, 2.05) is 6.92 Å². The van der Waals surface area contributed by atoms with Crippen LogP contribution in [0.2, 0.25) is 0 Å². The Morgan fingerprint density at radius 3 is 3.00 bits per heavy atom. The van der Waals surface area contributed by atoms with Crippen molar-refractivity contribution in [2.24, 2.45) is 0 Å². The van der Waals surface area contributed by atoms with E-state index in [9.17, 15) is 4.79 Å². The molecule has 1 saturated heterocycles. The molecule has 1 fully saturated rings. The Balaban J connectivity index is 2.34. The molecule has 0 aromatic heterocycles. The molecule has 4 nitrogen and oxygen atoms in total. The monoisotopic (exact) mass is 172 g/mol. The van der Waals surface area contributed by atoms with Crippen LogP contribution in [0.1, 0.15) is 13.3 Å². The highest BCUT2D eigenvalue weighted by Gasteiger charge is 2.23. The third-order valence-corrected chi connectivity index (χ3v) is 2.14. The normalized spacial score (nSPS) is 22.3. The predicted octanol–water partition coefficient (Wildman–Crippen LogP) is 0.437. The number of carbonyl (C=O) groups is 1. The van der Waals surface area contributed by atoms with E-state index in [-0.39, 0.29) is 6.09 Å². The molecular formula is C8H16N2O2. The van der Waals surface area contributed by atoms with Crippen LogP contribution in [0.3, 0.4) is 0 Å². The smallest absolute Gasteiger partial charge is 0.409 e. The van der Waals surface area contributed by atoms with Crippen molar-refractivity contribution >= 4 is 6.09 Å². The van der Waals surface area contributed by atoms with Crippen LogP contribution in [0.25, 0.3) is 0 Å². The van der Waals surface area contributed by atoms with Gasteiger partial charge in [0.25, 0.3) is 0 Å². The second-order valence-corrected chi connectivity index (χ2v) is 2.96. The number of amides is 1. The van der Waals surface area contributed by atoms with Crippen molar-refractivity contribution in [3.8, 4) is 0 Å². The molecule has 0 saturated carbocycles. The first-order valence-corrected chi connectivity index (χ1v) is 4.36. The average Bonchev–Trinajstić information content (AvgIpc) is 2.55. The zero-order valence-corrected chi connectivity index (χ0v) is 7.67. The van der Waals surface area contributed by atoms with Crippen LogP contribution in [0.15, 0.2) is 0 Å². The van der Waals surface area contributed by atoms with Crippen LogP contribution in [0.4, 0.5) is 4.79 Å². The molecule has 1 unspecified atom stereocenters. The van der Waals surface area contributed by atoms with Gasteiger partial charge in [0.15, 0.2) is 0 Å². The summed E-state index contributed by atoms with van der Waals surface area (Å²) >= 11 is 0. The molecule has 1 aliphatic heterocycles. The maximum Gasteiger partial charge on any atom is 0.409 e. The summed E-state index contributed by atoms with van der Waals surface area (Å²) in [6.07, 6.45) is 0.807. The quantitative estimate of drug-likeness (QED) is 0.657. The highest BCUT2D eigenvalue weighted by atomic mass is 16.6. The first kappa shape index (κ1) is 9.32. The van der Waals surface area contributed by atoms with Crippen molar-refractivity contribution in [2.45, 2.75) is 19.4 Å². The number of carbonyl (C=O) groups excluding carboxylic acids is 1. The molecule has 70 valence electrons. The lowest BCUT2D eigenvalue weighted by molar-refractivity contribution is 0.104. The summed E-state index contributed by atoms with van der Waals surface area (Å²) in [5.74, 6) is 0. The van der Waals surface area contributed by atoms with E-state index in [1.54, 1.807) is 11.9 Å². The van der Waals surface area contributed by atoms with E-state index in [1.165, 1.54) is 0 Å². The zero-order chi connectivity index (χ0) is 8.97. The number of hydrogen-bond donors (Lipinski definition) is 1. The van der Waals surface area contributed by atoms with Gasteiger partial charge in [-0.15, -0.1) is 0 Å². The summed E-state index contributed by atoms with van der Waals surface area (Å²) in [4.78, 5) is 12.9. The molecular weight excluding hydrogens is 156 g/mol. The van der Waals surface area contributed by atoms with Crippen molar-refractivity contribution in [2.75, 3.05) is 26.7 Å². The van der Waals surface area contributed by atoms with Gasteiger partial charge in [-0.2, -0.15) is 0 Å². The number of hydrogen-bond acceptors (Lipinski definition) is 3. The van der Waals surface area contributed by atoms with E-state index in [0.29, 0.717) is 12.6 Å². The van der Waals surface area contributed by atoms with Gasteiger partial charge in [0.1, 0.15) is 0 Å². The first-order chi connectivity index (χ1) is 5.75. The molecule has 0 spiro atoms. The molecule has 0 radical (unpaired) electrons. The van der Waals surface area contributed by atoms with Gasteiger partial charge in [-0.3, -0.25) is 0 Å². The summed E-state index contributed by atoms with van der Waals surface area (Å²) in [5.41, 5.74) is 0. The number of nitrogens with zero attached hydrogens (tertiary/aromatic N) is 1. The second kappa shape index (κ2) is 4.30. The third-order valence-electron chi connectivity index (χ3n) is 2.14. The van der Waals surface area contributed by atoms with Gasteiger partial charge in [0, 0.05) is 19.6 Å². The van der Waals surface area contributed by atoms with Gasteiger partial charge in [-0.25, -0.2) is 4.79 Å². The molecule has 4 heteroatoms. The molecule has 0 aromatic rings. The fourth-order valence-electron chi connectivity index (χ4n) is 1.34. The topological polar surface area (TPSA) is 41.6 Å². The lowest BCUT2D eigenvalue weighted by atomic mass is 10.2. The molecule has 0 aromatic carbocycles. The molecule has 0 aliphatic carbocycles. The van der Waals surface area contributed by atoms with Gasteiger partial charge in [0.2, 0.25) is 0 Å². The molecule has 12 heavy (non-hydrogen) atoms. The molecule has 1 heterocycles. The summed E-state index contributed by atoms with van der Waals surface area (Å²) in [7, 11) is 1.79. The number of nitrogens with one attached hydrogen (secondary N) is 1. The number of ether oxygens (including phenoxy) is 1. The molecule has 1 rings (SSSR count). The van der Waals surface area contributed by atoms with Crippen molar-refractivity contribution < 1.29 is 9.53 Å². The van der Waals surface area contributed by atoms with Crippen LogP contribution in [0, 0.1) is 0 Å². The van der Waals surface area contributed by atoms with Gasteiger partial charge in [-0.1, -0.05) is 0 Å². The Bertz CT molecular complexity index is 155. The van der Waals surface area contributed by atoms with Crippen LogP contribution >= 0.6 is 0 Å². The largest absolute Gasteiger partial charge is 0.450 e. The molecule has 1 atom stereocenters. The van der Waals surface area contributed by atoms with Crippen molar-refractivity contribution in [3.05, 3.63) is 0 Å². The van der Waals surface area contributed by atoms with Gasteiger partial charge in [0.05, 0.1) is 6.61 Å². The van der Waals surface area contributed by atoms with Crippen molar-refractivity contribution in [1.29, 1.82) is 0 Å². The van der Waals surface area contributed by atoms with Crippen molar-refractivity contribution in [3.63, 3.8) is 0 Å². The Labute approximate surface area is 72.9 Å². The minimum Gasteiger partial charge on any atom is -0.450 e. The predicted molar refractivity (Wildman–Crippen MR) is 46.1 cm³/mol. The maximum atomic E-state index is 11.2. The summed E-state index contributed by atoms with van der Waals surface area (Å²) in [6, 6.07) is 0.309. The van der Waals surface area contributed by atoms with Crippen molar-refractivity contribution in [1.82, 2.24) is 10.2 Å². The first-order valence-electron chi connectivity index (χ1n) is 4.36. The van der Waals surface area contributed by atoms with E-state index >= 15 is 0 Å². The van der Waals surface area contributed by atoms with Crippen LogP contribution in [-0.2, 0) is 4.74 Å². The van der Waals surface area contributed by atoms with E-state index in [0.717, 1.165) is 19.5 Å². The van der Waals surface area contributed by atoms with E-state index < -0.39 is 0 Å². The van der Waals surface area contributed by atoms with Gasteiger partial charge < -0.3 is 15.0 Å². The summed E-state index contributed by atoms with van der Waals surface area (Å²) in [5, 5.41) is 3.20. The number of likely N-dealkylation sites (N-methyl/N-ethyl adjacent to an activating group) is 1. The SMILES string of the molecule is CCOC(=O)N(C)C1CCNC1. The Morgan fingerprint density at radius 1 is 1.75 bits per heavy atom. The Hall–Kier alpha value is -0.770. The van der Waals surface area contributed by atoms with Crippen LogP contribution < -0.4 is 5.32 Å². The minimum atomic E-state index is -0.216. The maximum absolute atomic E-state index is 11.2. The molecule has 1 N–H and O–H groups in total. The summed E-state index contributed by atoms with van der Waals surface area (Å²) in [6.45, 7) is 4.14. The lowest BCUT2D eigenvalue weighted by Gasteiger charge is -2.22. The second-order valence-electron chi connectivity index (χ2n) is 2.96. The molecule has 1 amide bonds. The highest BCUT2D eigenvalue weighted by molar-refractivity contribution is 5.67. The van der Waals surface area contributed by atoms with E-state index in [4.69, 9.17) is 4.74 Å². The Morgan fingerprint density at radius 2 is 2.50 bits per heavy atom.